The van der Waals surface area contributed by atoms with Gasteiger partial charge >= 0.3 is 6.03 Å². The van der Waals surface area contributed by atoms with E-state index in [9.17, 15) is 13.6 Å². The fourth-order valence-corrected chi connectivity index (χ4v) is 1.67. The van der Waals surface area contributed by atoms with E-state index in [2.05, 4.69) is 15.6 Å². The van der Waals surface area contributed by atoms with Crippen LogP contribution in [0.15, 0.2) is 42.7 Å². The summed E-state index contributed by atoms with van der Waals surface area (Å²) in [5.41, 5.74) is 0.877. The zero-order valence-corrected chi connectivity index (χ0v) is 11.7. The Labute approximate surface area is 126 Å². The minimum atomic E-state index is -0.777. The third kappa shape index (κ3) is 5.01. The number of ether oxygens (including phenoxy) is 1. The molecule has 0 aliphatic heterocycles. The van der Waals surface area contributed by atoms with Gasteiger partial charge in [-0.25, -0.2) is 13.6 Å². The van der Waals surface area contributed by atoms with Crippen LogP contribution in [0.2, 0.25) is 0 Å². The molecule has 2 rings (SSSR count). The Bertz CT molecular complexity index is 623. The number of benzene rings is 1. The van der Waals surface area contributed by atoms with Crippen molar-refractivity contribution < 1.29 is 18.3 Å². The number of nitrogens with one attached hydrogen (secondary N) is 2. The Balaban J connectivity index is 1.65. The van der Waals surface area contributed by atoms with E-state index in [0.29, 0.717) is 6.54 Å². The number of amides is 2. The molecule has 116 valence electrons. The molecule has 0 saturated carbocycles. The Morgan fingerprint density at radius 2 is 2.09 bits per heavy atom. The fraction of sp³-hybridized carbons (Fsp3) is 0.200. The zero-order valence-electron chi connectivity index (χ0n) is 11.7. The lowest BCUT2D eigenvalue weighted by Crippen LogP contribution is -2.37. The summed E-state index contributed by atoms with van der Waals surface area (Å²) in [6.07, 6.45) is 3.30. The van der Waals surface area contributed by atoms with Crippen LogP contribution >= 0.6 is 0 Å². The molecular formula is C15H15F2N3O2. The Morgan fingerprint density at radius 3 is 2.82 bits per heavy atom. The van der Waals surface area contributed by atoms with Crippen molar-refractivity contribution in [3.8, 4) is 5.75 Å². The summed E-state index contributed by atoms with van der Waals surface area (Å²) in [6.45, 7) is 0.617. The van der Waals surface area contributed by atoms with Gasteiger partial charge in [-0.3, -0.25) is 4.98 Å². The molecule has 1 heterocycles. The molecule has 0 aliphatic rings. The van der Waals surface area contributed by atoms with Crippen molar-refractivity contribution in [1.82, 2.24) is 15.6 Å². The van der Waals surface area contributed by atoms with Crippen LogP contribution < -0.4 is 15.4 Å². The van der Waals surface area contributed by atoms with Crippen LogP contribution in [0.4, 0.5) is 13.6 Å². The first-order valence-electron chi connectivity index (χ1n) is 6.63. The molecule has 0 spiro atoms. The smallest absolute Gasteiger partial charge is 0.315 e. The first-order chi connectivity index (χ1) is 10.6. The number of halogens is 2. The van der Waals surface area contributed by atoms with Crippen molar-refractivity contribution in [3.63, 3.8) is 0 Å². The number of hydrogen-bond acceptors (Lipinski definition) is 3. The number of carbonyl (C=O) groups is 1. The zero-order chi connectivity index (χ0) is 15.8. The van der Waals surface area contributed by atoms with Gasteiger partial charge in [-0.05, 0) is 23.8 Å². The number of carbonyl (C=O) groups excluding carboxylic acids is 1. The number of urea groups is 1. The van der Waals surface area contributed by atoms with E-state index in [-0.39, 0.29) is 24.9 Å². The van der Waals surface area contributed by atoms with Crippen LogP contribution in [0, 0.1) is 11.6 Å². The molecule has 0 aliphatic carbocycles. The third-order valence-electron chi connectivity index (χ3n) is 2.71. The molecule has 5 nitrogen and oxygen atoms in total. The molecular weight excluding hydrogens is 292 g/mol. The highest BCUT2D eigenvalue weighted by atomic mass is 19.1. The van der Waals surface area contributed by atoms with Gasteiger partial charge in [0.1, 0.15) is 12.4 Å². The Hall–Kier alpha value is -2.70. The van der Waals surface area contributed by atoms with Crippen LogP contribution in [0.1, 0.15) is 5.56 Å². The maximum Gasteiger partial charge on any atom is 0.315 e. The van der Waals surface area contributed by atoms with E-state index in [1.54, 1.807) is 18.5 Å². The van der Waals surface area contributed by atoms with E-state index in [1.165, 1.54) is 6.07 Å². The van der Waals surface area contributed by atoms with Crippen molar-refractivity contribution in [1.29, 1.82) is 0 Å². The highest BCUT2D eigenvalue weighted by Gasteiger charge is 2.05. The molecule has 0 unspecified atom stereocenters. The molecule has 0 atom stereocenters. The third-order valence-corrected chi connectivity index (χ3v) is 2.71. The van der Waals surface area contributed by atoms with Gasteiger partial charge in [0.15, 0.2) is 11.6 Å². The highest BCUT2D eigenvalue weighted by Crippen LogP contribution is 2.17. The lowest BCUT2D eigenvalue weighted by atomic mass is 10.3. The van der Waals surface area contributed by atoms with Crippen LogP contribution in [0.25, 0.3) is 0 Å². The first kappa shape index (κ1) is 15.7. The average molecular weight is 307 g/mol. The average Bonchev–Trinajstić information content (AvgIpc) is 2.52. The molecule has 0 radical (unpaired) electrons. The predicted molar refractivity (Wildman–Crippen MR) is 76.3 cm³/mol. The van der Waals surface area contributed by atoms with Crippen molar-refractivity contribution in [2.45, 2.75) is 6.54 Å². The lowest BCUT2D eigenvalue weighted by molar-refractivity contribution is 0.235. The summed E-state index contributed by atoms with van der Waals surface area (Å²) < 4.78 is 31.1. The molecule has 22 heavy (non-hydrogen) atoms. The molecule has 2 N–H and O–H groups in total. The first-order valence-corrected chi connectivity index (χ1v) is 6.63. The standard InChI is InChI=1S/C15H15F2N3O2/c16-12-3-4-14(13(17)8-12)22-7-6-19-15(21)20-10-11-2-1-5-18-9-11/h1-5,8-9H,6-7,10H2,(H2,19,20,21). The van der Waals surface area contributed by atoms with Crippen LogP contribution in [-0.4, -0.2) is 24.2 Å². The summed E-state index contributed by atoms with van der Waals surface area (Å²) in [7, 11) is 0. The maximum absolute atomic E-state index is 13.3. The van der Waals surface area contributed by atoms with E-state index in [4.69, 9.17) is 4.74 Å². The topological polar surface area (TPSA) is 63.2 Å². The van der Waals surface area contributed by atoms with E-state index >= 15 is 0 Å². The van der Waals surface area contributed by atoms with Crippen molar-refractivity contribution in [2.24, 2.45) is 0 Å². The molecule has 7 heteroatoms. The Morgan fingerprint density at radius 1 is 1.23 bits per heavy atom. The summed E-state index contributed by atoms with van der Waals surface area (Å²) in [6, 6.07) is 6.29. The summed E-state index contributed by atoms with van der Waals surface area (Å²) in [5, 5.41) is 5.21. The number of rotatable bonds is 6. The number of pyridine rings is 1. The molecule has 1 aromatic carbocycles. The van der Waals surface area contributed by atoms with Gasteiger partial charge in [-0.15, -0.1) is 0 Å². The fourth-order valence-electron chi connectivity index (χ4n) is 1.67. The molecule has 0 fully saturated rings. The van der Waals surface area contributed by atoms with Gasteiger partial charge in [0.2, 0.25) is 0 Å². The minimum Gasteiger partial charge on any atom is -0.489 e. The van der Waals surface area contributed by atoms with E-state index < -0.39 is 11.6 Å². The SMILES string of the molecule is O=C(NCCOc1ccc(F)cc1F)NCc1cccnc1. The Kier molecular flexibility index (Phi) is 5.65. The van der Waals surface area contributed by atoms with Crippen molar-refractivity contribution >= 4 is 6.03 Å². The normalized spacial score (nSPS) is 10.1. The van der Waals surface area contributed by atoms with Gasteiger partial charge in [0.05, 0.1) is 6.54 Å². The lowest BCUT2D eigenvalue weighted by Gasteiger charge is -2.09. The van der Waals surface area contributed by atoms with Gasteiger partial charge in [-0.1, -0.05) is 6.07 Å². The second-order valence-electron chi connectivity index (χ2n) is 4.39. The highest BCUT2D eigenvalue weighted by molar-refractivity contribution is 5.73. The van der Waals surface area contributed by atoms with Crippen molar-refractivity contribution in [3.05, 3.63) is 59.9 Å². The van der Waals surface area contributed by atoms with Crippen LogP contribution in [0.3, 0.4) is 0 Å². The largest absolute Gasteiger partial charge is 0.489 e. The number of hydrogen-bond donors (Lipinski definition) is 2. The molecule has 1 aromatic heterocycles. The van der Waals surface area contributed by atoms with E-state index in [1.807, 2.05) is 6.07 Å². The monoisotopic (exact) mass is 307 g/mol. The minimum absolute atomic E-state index is 0.0565. The maximum atomic E-state index is 13.3. The molecule has 0 saturated heterocycles. The summed E-state index contributed by atoms with van der Waals surface area (Å²) in [5.74, 6) is -1.50. The second kappa shape index (κ2) is 7.92. The van der Waals surface area contributed by atoms with Gasteiger partial charge in [0.25, 0.3) is 0 Å². The predicted octanol–water partition coefficient (Wildman–Crippen LogP) is 2.24. The molecule has 2 aromatic rings. The summed E-state index contributed by atoms with van der Waals surface area (Å²) in [4.78, 5) is 15.4. The van der Waals surface area contributed by atoms with E-state index in [0.717, 1.165) is 17.7 Å². The van der Waals surface area contributed by atoms with Crippen LogP contribution in [-0.2, 0) is 6.54 Å². The number of nitrogens with zero attached hydrogens (tertiary/aromatic N) is 1. The van der Waals surface area contributed by atoms with Crippen molar-refractivity contribution in [2.75, 3.05) is 13.2 Å². The molecule has 0 bridgehead atoms. The number of aromatic nitrogens is 1. The van der Waals surface area contributed by atoms with Crippen LogP contribution in [0.5, 0.6) is 5.75 Å². The molecule has 2 amide bonds. The van der Waals surface area contributed by atoms with Gasteiger partial charge in [-0.2, -0.15) is 0 Å². The quantitative estimate of drug-likeness (QED) is 0.805. The van der Waals surface area contributed by atoms with Gasteiger partial charge in [0, 0.05) is 25.0 Å². The summed E-state index contributed by atoms with van der Waals surface area (Å²) >= 11 is 0. The van der Waals surface area contributed by atoms with Gasteiger partial charge < -0.3 is 15.4 Å². The second-order valence-corrected chi connectivity index (χ2v) is 4.39.